The van der Waals surface area contributed by atoms with E-state index >= 15 is 0 Å². The summed E-state index contributed by atoms with van der Waals surface area (Å²) in [5.41, 5.74) is 1.81. The van der Waals surface area contributed by atoms with Gasteiger partial charge in [0.2, 0.25) is 15.6 Å². The van der Waals surface area contributed by atoms with Gasteiger partial charge < -0.3 is 15.6 Å². The normalized spacial score (nSPS) is 11.7. The highest BCUT2D eigenvalue weighted by molar-refractivity contribution is 7.88. The summed E-state index contributed by atoms with van der Waals surface area (Å²) < 4.78 is 24.6. The monoisotopic (exact) mass is 463 g/mol. The largest absolute Gasteiger partial charge is 0.382 e. The maximum atomic E-state index is 12.8. The zero-order chi connectivity index (χ0) is 22.6. The van der Waals surface area contributed by atoms with E-state index in [0.29, 0.717) is 24.2 Å². The topological polar surface area (TPSA) is 133 Å². The third-order valence-electron chi connectivity index (χ3n) is 4.31. The summed E-state index contributed by atoms with van der Waals surface area (Å²) >= 11 is 1.47. The molecule has 0 saturated heterocycles. The molecule has 166 valence electrons. The van der Waals surface area contributed by atoms with Gasteiger partial charge in [0.15, 0.2) is 0 Å². The van der Waals surface area contributed by atoms with E-state index in [9.17, 15) is 18.0 Å². The van der Waals surface area contributed by atoms with Crippen LogP contribution in [0.25, 0.3) is 20.7 Å². The first-order valence-corrected chi connectivity index (χ1v) is 12.5. The first-order valence-electron chi connectivity index (χ1n) is 9.75. The summed E-state index contributed by atoms with van der Waals surface area (Å²) in [5.74, 6) is -0.284. The first-order chi connectivity index (χ1) is 14.6. The number of anilines is 1. The second-order valence-corrected chi connectivity index (χ2v) is 10.3. The molecule has 1 amide bonds. The summed E-state index contributed by atoms with van der Waals surface area (Å²) in [5, 5.41) is 6.99. The zero-order valence-electron chi connectivity index (χ0n) is 17.5. The Bertz CT molecular complexity index is 1230. The molecule has 0 radical (unpaired) electrons. The Morgan fingerprint density at radius 1 is 1.26 bits per heavy atom. The number of hydrogen-bond acceptors (Lipinski definition) is 7. The Kier molecular flexibility index (Phi) is 7.08. The first kappa shape index (κ1) is 22.9. The molecular formula is C20H25N5O4S2. The van der Waals surface area contributed by atoms with Crippen molar-refractivity contribution in [1.29, 1.82) is 0 Å². The molecule has 0 spiro atoms. The molecule has 0 aliphatic heterocycles. The van der Waals surface area contributed by atoms with Gasteiger partial charge in [-0.25, -0.2) is 18.1 Å². The average molecular weight is 464 g/mol. The maximum Gasteiger partial charge on any atom is 0.254 e. The predicted molar refractivity (Wildman–Crippen MR) is 124 cm³/mol. The minimum absolute atomic E-state index is 0.0903. The molecule has 11 heteroatoms. The number of sulfonamides is 1. The Hall–Kier alpha value is -2.76. The Morgan fingerprint density at radius 2 is 2.03 bits per heavy atom. The van der Waals surface area contributed by atoms with Crippen LogP contribution in [0.1, 0.15) is 30.6 Å². The van der Waals surface area contributed by atoms with Crippen molar-refractivity contribution in [3.63, 3.8) is 0 Å². The quantitative estimate of drug-likeness (QED) is 0.359. The average Bonchev–Trinajstić information content (AvgIpc) is 3.12. The molecule has 3 rings (SSSR count). The van der Waals surface area contributed by atoms with E-state index in [-0.39, 0.29) is 24.1 Å². The van der Waals surface area contributed by atoms with Crippen LogP contribution in [0.4, 0.5) is 5.69 Å². The number of aromatic nitrogens is 2. The van der Waals surface area contributed by atoms with Crippen molar-refractivity contribution in [1.82, 2.24) is 20.0 Å². The second-order valence-electron chi connectivity index (χ2n) is 7.39. The number of pyridine rings is 2. The number of thiophene rings is 1. The summed E-state index contributed by atoms with van der Waals surface area (Å²) in [6.45, 7) is 4.55. The molecule has 0 atom stereocenters. The summed E-state index contributed by atoms with van der Waals surface area (Å²) in [7, 11) is -3.25. The zero-order valence-corrected chi connectivity index (χ0v) is 19.1. The number of nitrogens with one attached hydrogen (secondary N) is 4. The van der Waals surface area contributed by atoms with Crippen LogP contribution in [0.3, 0.4) is 0 Å². The summed E-state index contributed by atoms with van der Waals surface area (Å²) in [4.78, 5) is 33.0. The van der Waals surface area contributed by atoms with Gasteiger partial charge in [-0.15, -0.1) is 11.3 Å². The lowest BCUT2D eigenvalue weighted by Gasteiger charge is -2.15. The van der Waals surface area contributed by atoms with Crippen LogP contribution in [0.5, 0.6) is 0 Å². The van der Waals surface area contributed by atoms with Crippen LogP contribution >= 0.6 is 11.3 Å². The lowest BCUT2D eigenvalue weighted by molar-refractivity contribution is 0.0954. The van der Waals surface area contributed by atoms with Crippen molar-refractivity contribution < 1.29 is 13.2 Å². The van der Waals surface area contributed by atoms with Gasteiger partial charge in [0.25, 0.3) is 5.91 Å². The second kappa shape index (κ2) is 9.58. The molecule has 0 unspecified atom stereocenters. The van der Waals surface area contributed by atoms with Crippen molar-refractivity contribution >= 4 is 43.2 Å². The number of carbonyl (C=O) groups is 1. The maximum absolute atomic E-state index is 12.8. The Labute approximate surface area is 184 Å². The predicted octanol–water partition coefficient (Wildman–Crippen LogP) is 2.14. The van der Waals surface area contributed by atoms with Gasteiger partial charge in [0.1, 0.15) is 4.83 Å². The number of nitrogens with zero attached hydrogens (tertiary/aromatic N) is 1. The van der Waals surface area contributed by atoms with E-state index < -0.39 is 10.0 Å². The summed E-state index contributed by atoms with van der Waals surface area (Å²) in [6.07, 6.45) is 4.76. The van der Waals surface area contributed by atoms with Crippen molar-refractivity contribution in [2.75, 3.05) is 24.7 Å². The fourth-order valence-corrected chi connectivity index (χ4v) is 4.48. The lowest BCUT2D eigenvalue weighted by Crippen LogP contribution is -2.30. The molecule has 0 aliphatic rings. The van der Waals surface area contributed by atoms with E-state index in [0.717, 1.165) is 26.9 Å². The van der Waals surface area contributed by atoms with E-state index in [4.69, 9.17) is 0 Å². The minimum atomic E-state index is -3.25. The Balaban J connectivity index is 1.85. The van der Waals surface area contributed by atoms with Crippen LogP contribution in [0.2, 0.25) is 0 Å². The number of fused-ring (bicyclic) bond motifs is 1. The fraction of sp³-hybridized carbons (Fsp3) is 0.350. The molecule has 3 aromatic rings. The Morgan fingerprint density at radius 3 is 2.68 bits per heavy atom. The molecule has 3 heterocycles. The van der Waals surface area contributed by atoms with Gasteiger partial charge in [-0.2, -0.15) is 0 Å². The number of carbonyl (C=O) groups excluding carboxylic acids is 1. The molecule has 3 aromatic heterocycles. The number of amides is 1. The molecule has 0 fully saturated rings. The number of aromatic amines is 1. The highest BCUT2D eigenvalue weighted by Crippen LogP contribution is 2.37. The highest BCUT2D eigenvalue weighted by Gasteiger charge is 2.18. The highest BCUT2D eigenvalue weighted by atomic mass is 32.2. The van der Waals surface area contributed by atoms with Crippen molar-refractivity contribution in [2.45, 2.75) is 26.3 Å². The smallest absolute Gasteiger partial charge is 0.254 e. The number of rotatable bonds is 9. The third kappa shape index (κ3) is 6.12. The fourth-order valence-electron chi connectivity index (χ4n) is 2.95. The van der Waals surface area contributed by atoms with Crippen molar-refractivity contribution in [3.8, 4) is 10.4 Å². The minimum Gasteiger partial charge on any atom is -0.382 e. The van der Waals surface area contributed by atoms with Crippen LogP contribution < -0.4 is 20.9 Å². The molecule has 9 nitrogen and oxygen atoms in total. The molecule has 0 bridgehead atoms. The molecule has 0 aromatic carbocycles. The molecule has 0 aliphatic carbocycles. The molecule has 31 heavy (non-hydrogen) atoms. The molecular weight excluding hydrogens is 438 g/mol. The van der Waals surface area contributed by atoms with E-state index in [1.165, 1.54) is 17.4 Å². The van der Waals surface area contributed by atoms with Crippen LogP contribution in [-0.2, 0) is 10.0 Å². The van der Waals surface area contributed by atoms with Crippen LogP contribution in [0.15, 0.2) is 35.4 Å². The third-order valence-corrected chi connectivity index (χ3v) is 6.13. The van der Waals surface area contributed by atoms with Crippen LogP contribution in [0, 0.1) is 0 Å². The van der Waals surface area contributed by atoms with Crippen molar-refractivity contribution in [2.24, 2.45) is 0 Å². The lowest BCUT2D eigenvalue weighted by atomic mass is 10.1. The van der Waals surface area contributed by atoms with Crippen molar-refractivity contribution in [3.05, 3.63) is 46.5 Å². The summed E-state index contributed by atoms with van der Waals surface area (Å²) in [6, 6.07) is 5.26. The van der Waals surface area contributed by atoms with Gasteiger partial charge in [0.05, 0.1) is 17.5 Å². The van der Waals surface area contributed by atoms with Gasteiger partial charge >= 0.3 is 0 Å². The van der Waals surface area contributed by atoms with Gasteiger partial charge in [-0.05, 0) is 32.4 Å². The standard InChI is InChI=1S/C20H25N5O4S2/c1-12(2)25-18-14-9-16(13-5-6-17(26)22-10-13)30-20(14)23-11-15(18)19(27)21-7-4-8-24-31(3,28)29/h5-6,9-12,24H,4,7-8H2,1-3H3,(H,21,27)(H,22,26)(H,23,25). The van der Waals surface area contributed by atoms with E-state index in [2.05, 4.69) is 25.3 Å². The number of hydrogen-bond donors (Lipinski definition) is 4. The van der Waals surface area contributed by atoms with Gasteiger partial charge in [0, 0.05) is 53.4 Å². The van der Waals surface area contributed by atoms with E-state index in [1.54, 1.807) is 18.5 Å². The van der Waals surface area contributed by atoms with Crippen LogP contribution in [-0.4, -0.2) is 49.7 Å². The number of H-pyrrole nitrogens is 1. The van der Waals surface area contributed by atoms with E-state index in [1.807, 2.05) is 19.9 Å². The molecule has 4 N–H and O–H groups in total. The van der Waals surface area contributed by atoms with Gasteiger partial charge in [-0.1, -0.05) is 0 Å². The van der Waals surface area contributed by atoms with Gasteiger partial charge in [-0.3, -0.25) is 9.59 Å². The molecule has 0 saturated carbocycles. The SMILES string of the molecule is CC(C)Nc1c(C(=O)NCCCNS(C)(=O)=O)cnc2sc(-c3ccc(=O)[nH]c3)cc12.